The number of nitrogens with one attached hydrogen (secondary N) is 2. The summed E-state index contributed by atoms with van der Waals surface area (Å²) in [6.45, 7) is 1.78. The van der Waals surface area contributed by atoms with Crippen molar-refractivity contribution in [3.8, 4) is 0 Å². The van der Waals surface area contributed by atoms with E-state index in [0.29, 0.717) is 5.56 Å². The third kappa shape index (κ3) is 3.24. The molecular weight excluding hydrogens is 283 g/mol. The molecule has 1 aliphatic carbocycles. The predicted octanol–water partition coefficient (Wildman–Crippen LogP) is 2.97. The molecule has 1 aromatic rings. The van der Waals surface area contributed by atoms with E-state index in [9.17, 15) is 9.18 Å². The summed E-state index contributed by atoms with van der Waals surface area (Å²) in [5.74, 6) is -0.287. The van der Waals surface area contributed by atoms with E-state index in [0.717, 1.165) is 45.3 Å². The molecule has 5 heteroatoms. The van der Waals surface area contributed by atoms with Crippen LogP contribution in [-0.4, -0.2) is 25.3 Å². The van der Waals surface area contributed by atoms with Crippen molar-refractivity contribution < 1.29 is 13.9 Å². The minimum atomic E-state index is -0.287. The predicted molar refractivity (Wildman–Crippen MR) is 81.9 cm³/mol. The number of ether oxygens (including phenoxy) is 1. The normalized spacial score (nSPS) is 23.4. The van der Waals surface area contributed by atoms with Crippen LogP contribution in [-0.2, 0) is 11.3 Å². The zero-order valence-corrected chi connectivity index (χ0v) is 12.7. The van der Waals surface area contributed by atoms with Crippen molar-refractivity contribution in [2.75, 3.05) is 13.2 Å². The molecule has 0 aromatic heterocycles. The van der Waals surface area contributed by atoms with E-state index in [1.54, 1.807) is 18.2 Å². The van der Waals surface area contributed by atoms with Crippen LogP contribution < -0.4 is 10.6 Å². The second kappa shape index (κ2) is 6.65. The van der Waals surface area contributed by atoms with Crippen LogP contribution in [0.1, 0.15) is 37.7 Å². The van der Waals surface area contributed by atoms with Crippen molar-refractivity contribution in [3.63, 3.8) is 0 Å². The van der Waals surface area contributed by atoms with E-state index in [4.69, 9.17) is 4.74 Å². The highest BCUT2D eigenvalue weighted by molar-refractivity contribution is 5.74. The number of rotatable bonds is 3. The Morgan fingerprint density at radius 1 is 1.27 bits per heavy atom. The number of benzene rings is 1. The maximum absolute atomic E-state index is 13.5. The van der Waals surface area contributed by atoms with Crippen LogP contribution in [0.2, 0.25) is 0 Å². The van der Waals surface area contributed by atoms with Crippen molar-refractivity contribution >= 4 is 6.03 Å². The monoisotopic (exact) mass is 306 g/mol. The molecule has 1 spiro atoms. The molecule has 0 radical (unpaired) electrons. The Hall–Kier alpha value is -1.62. The van der Waals surface area contributed by atoms with E-state index in [2.05, 4.69) is 10.6 Å². The Balaban J connectivity index is 1.54. The molecule has 2 N–H and O–H groups in total. The van der Waals surface area contributed by atoms with E-state index < -0.39 is 0 Å². The van der Waals surface area contributed by atoms with Crippen LogP contribution in [0.3, 0.4) is 0 Å². The van der Waals surface area contributed by atoms with E-state index >= 15 is 0 Å². The van der Waals surface area contributed by atoms with Crippen LogP contribution in [0.25, 0.3) is 0 Å². The lowest BCUT2D eigenvalue weighted by atomic mass is 9.75. The van der Waals surface area contributed by atoms with Crippen LogP contribution >= 0.6 is 0 Å². The average molecular weight is 306 g/mol. The summed E-state index contributed by atoms with van der Waals surface area (Å²) in [6.07, 6.45) is 5.37. The highest BCUT2D eigenvalue weighted by Crippen LogP contribution is 2.45. The molecule has 1 aromatic carbocycles. The van der Waals surface area contributed by atoms with Gasteiger partial charge in [0.2, 0.25) is 0 Å². The number of halogens is 1. The van der Waals surface area contributed by atoms with Gasteiger partial charge in [0.05, 0.1) is 0 Å². The molecule has 2 amide bonds. The van der Waals surface area contributed by atoms with Crippen molar-refractivity contribution in [1.29, 1.82) is 0 Å². The number of amides is 2. The second-order valence-electron chi connectivity index (χ2n) is 6.34. The van der Waals surface area contributed by atoms with Gasteiger partial charge in [-0.2, -0.15) is 0 Å². The Kier molecular flexibility index (Phi) is 4.62. The van der Waals surface area contributed by atoms with Gasteiger partial charge in [-0.05, 0) is 37.2 Å². The zero-order valence-electron chi connectivity index (χ0n) is 12.7. The van der Waals surface area contributed by atoms with E-state index in [1.807, 2.05) is 0 Å². The van der Waals surface area contributed by atoms with Gasteiger partial charge in [-0.1, -0.05) is 24.6 Å². The zero-order chi connectivity index (χ0) is 15.4. The fourth-order valence-corrected chi connectivity index (χ4v) is 3.77. The third-order valence-electron chi connectivity index (χ3n) is 5.10. The smallest absolute Gasteiger partial charge is 0.315 e. The molecule has 1 aliphatic heterocycles. The summed E-state index contributed by atoms with van der Waals surface area (Å²) >= 11 is 0. The van der Waals surface area contributed by atoms with Gasteiger partial charge in [0, 0.05) is 31.4 Å². The van der Waals surface area contributed by atoms with Gasteiger partial charge in [-0.3, -0.25) is 0 Å². The summed E-state index contributed by atoms with van der Waals surface area (Å²) in [6, 6.07) is 6.50. The molecule has 2 aliphatic rings. The standard InChI is InChI=1S/C17H23FN2O2/c18-14-5-2-1-4-13(14)12-19-16(21)20-15-6-3-7-17(15)8-10-22-11-9-17/h1-2,4-5,15H,3,6-12H2,(H2,19,20,21)/t15-/m1/s1. The lowest BCUT2D eigenvalue weighted by Crippen LogP contribution is -2.50. The summed E-state index contributed by atoms with van der Waals surface area (Å²) in [4.78, 5) is 12.1. The first kappa shape index (κ1) is 15.3. The molecule has 0 unspecified atom stereocenters. The Morgan fingerprint density at radius 2 is 2.05 bits per heavy atom. The molecule has 0 bridgehead atoms. The van der Waals surface area contributed by atoms with Crippen LogP contribution in [0.5, 0.6) is 0 Å². The SMILES string of the molecule is O=C(NCc1ccccc1F)N[C@@H]1CCCC12CCOCC2. The molecule has 1 saturated carbocycles. The van der Waals surface area contributed by atoms with Crippen molar-refractivity contribution in [2.45, 2.75) is 44.7 Å². The summed E-state index contributed by atoms with van der Waals surface area (Å²) in [5, 5.41) is 5.87. The molecule has 120 valence electrons. The van der Waals surface area contributed by atoms with Gasteiger partial charge in [0.25, 0.3) is 0 Å². The number of carbonyl (C=O) groups excluding carboxylic acids is 1. The largest absolute Gasteiger partial charge is 0.381 e. The highest BCUT2D eigenvalue weighted by Gasteiger charge is 2.44. The molecule has 3 rings (SSSR count). The van der Waals surface area contributed by atoms with Gasteiger partial charge in [0.1, 0.15) is 5.82 Å². The van der Waals surface area contributed by atoms with Gasteiger partial charge < -0.3 is 15.4 Å². The first-order chi connectivity index (χ1) is 10.7. The molecule has 1 heterocycles. The van der Waals surface area contributed by atoms with E-state index in [-0.39, 0.29) is 29.8 Å². The Labute approximate surface area is 130 Å². The summed E-state index contributed by atoms with van der Waals surface area (Å²) in [7, 11) is 0. The van der Waals surface area contributed by atoms with Gasteiger partial charge in [-0.15, -0.1) is 0 Å². The number of carbonyl (C=O) groups is 1. The minimum absolute atomic E-state index is 0.202. The van der Waals surface area contributed by atoms with E-state index in [1.165, 1.54) is 6.07 Å². The van der Waals surface area contributed by atoms with Crippen molar-refractivity contribution in [2.24, 2.45) is 5.41 Å². The molecule has 1 saturated heterocycles. The number of hydrogen-bond acceptors (Lipinski definition) is 2. The maximum Gasteiger partial charge on any atom is 0.315 e. The van der Waals surface area contributed by atoms with Crippen molar-refractivity contribution in [1.82, 2.24) is 10.6 Å². The Bertz CT molecular complexity index is 529. The third-order valence-corrected chi connectivity index (χ3v) is 5.10. The summed E-state index contributed by atoms with van der Waals surface area (Å²) < 4.78 is 19.0. The van der Waals surface area contributed by atoms with Crippen LogP contribution in [0.4, 0.5) is 9.18 Å². The quantitative estimate of drug-likeness (QED) is 0.902. The average Bonchev–Trinajstić information content (AvgIpc) is 2.89. The second-order valence-corrected chi connectivity index (χ2v) is 6.34. The number of hydrogen-bond donors (Lipinski definition) is 2. The summed E-state index contributed by atoms with van der Waals surface area (Å²) in [5.41, 5.74) is 0.706. The minimum Gasteiger partial charge on any atom is -0.381 e. The van der Waals surface area contributed by atoms with Crippen LogP contribution in [0.15, 0.2) is 24.3 Å². The highest BCUT2D eigenvalue weighted by atomic mass is 19.1. The topological polar surface area (TPSA) is 50.4 Å². The Morgan fingerprint density at radius 3 is 2.82 bits per heavy atom. The molecule has 22 heavy (non-hydrogen) atoms. The first-order valence-corrected chi connectivity index (χ1v) is 8.05. The number of urea groups is 1. The molecule has 2 fully saturated rings. The molecule has 1 atom stereocenters. The lowest BCUT2D eigenvalue weighted by Gasteiger charge is -2.39. The van der Waals surface area contributed by atoms with Gasteiger partial charge in [-0.25, -0.2) is 9.18 Å². The molecular formula is C17H23FN2O2. The first-order valence-electron chi connectivity index (χ1n) is 8.05. The lowest BCUT2D eigenvalue weighted by molar-refractivity contribution is 0.00623. The van der Waals surface area contributed by atoms with Gasteiger partial charge in [0.15, 0.2) is 0 Å². The van der Waals surface area contributed by atoms with Crippen LogP contribution in [0, 0.1) is 11.2 Å². The maximum atomic E-state index is 13.5. The molecule has 4 nitrogen and oxygen atoms in total. The van der Waals surface area contributed by atoms with Crippen molar-refractivity contribution in [3.05, 3.63) is 35.6 Å². The van der Waals surface area contributed by atoms with Gasteiger partial charge >= 0.3 is 6.03 Å². The fraction of sp³-hybridized carbons (Fsp3) is 0.588. The fourth-order valence-electron chi connectivity index (χ4n) is 3.77.